The zero-order valence-corrected chi connectivity index (χ0v) is 14.2. The van der Waals surface area contributed by atoms with Gasteiger partial charge >= 0.3 is 12.4 Å². The Bertz CT molecular complexity index is 268. The smallest absolute Gasteiger partial charge is 0.420 e. The van der Waals surface area contributed by atoms with Crippen molar-refractivity contribution in [2.24, 2.45) is 0 Å². The van der Waals surface area contributed by atoms with E-state index in [0.717, 1.165) is 6.47 Å². The summed E-state index contributed by atoms with van der Waals surface area (Å²) in [6, 6.07) is 0. The van der Waals surface area contributed by atoms with Gasteiger partial charge in [-0.15, -0.1) is 11.6 Å². The van der Waals surface area contributed by atoms with Crippen LogP contribution in [0.3, 0.4) is 0 Å². The normalized spacial score (nSPS) is 14.1. The van der Waals surface area contributed by atoms with Crippen LogP contribution in [0.5, 0.6) is 0 Å². The Labute approximate surface area is 132 Å². The van der Waals surface area contributed by atoms with Crippen molar-refractivity contribution in [3.8, 4) is 0 Å². The molecule has 0 aromatic heterocycles. The van der Waals surface area contributed by atoms with Gasteiger partial charge in [-0.3, -0.25) is 4.79 Å². The summed E-state index contributed by atoms with van der Waals surface area (Å²) in [5, 5.41) is -1.58. The summed E-state index contributed by atoms with van der Waals surface area (Å²) in [6.45, 7) is 0.875. The minimum Gasteiger partial charge on any atom is -0.461 e. The highest BCUT2D eigenvalue weighted by molar-refractivity contribution is 9.39. The summed E-state index contributed by atoms with van der Waals surface area (Å²) >= 11 is 25.7. The molecule has 93 valence electrons. The Morgan fingerprint density at radius 3 is 2.25 bits per heavy atom. The van der Waals surface area contributed by atoms with Crippen LogP contribution in [0.1, 0.15) is 0 Å². The lowest BCUT2D eigenvalue weighted by Crippen LogP contribution is -2.38. The van der Waals surface area contributed by atoms with Crippen molar-refractivity contribution >= 4 is 95.0 Å². The highest BCUT2D eigenvalue weighted by atomic mass is 80.0. The first kappa shape index (κ1) is 17.2. The van der Waals surface area contributed by atoms with Crippen LogP contribution in [0.2, 0.25) is 0 Å². The molecule has 0 saturated heterocycles. The molecule has 1 radical (unpaired) electrons. The van der Waals surface area contributed by atoms with E-state index >= 15 is 0 Å². The number of carbonyl (C=O) groups excluding carboxylic acids is 2. The van der Waals surface area contributed by atoms with Gasteiger partial charge in [-0.25, -0.2) is 4.79 Å². The van der Waals surface area contributed by atoms with E-state index in [1.807, 2.05) is 0 Å². The molecule has 0 aliphatic rings. The van der Waals surface area contributed by atoms with Gasteiger partial charge in [0.1, 0.15) is 6.61 Å². The highest BCUT2D eigenvalue weighted by Crippen LogP contribution is 2.35. The molecule has 0 aromatic rings. The quantitative estimate of drug-likeness (QED) is 0.444. The molecular weight excluding hydrogens is 482 g/mol. The lowest BCUT2D eigenvalue weighted by molar-refractivity contribution is -0.144. The first-order valence-electron chi connectivity index (χ1n) is 3.40. The number of halogens is 6. The third kappa shape index (κ3) is 6.86. The van der Waals surface area contributed by atoms with E-state index in [1.54, 1.807) is 0 Å². The summed E-state index contributed by atoms with van der Waals surface area (Å²) in [5.41, 5.74) is 0. The van der Waals surface area contributed by atoms with E-state index in [-0.39, 0.29) is 6.61 Å². The number of esters is 1. The molecular formula is C6H3Br3Cl3O4. The average Bonchev–Trinajstić information content (AvgIpc) is 2.11. The van der Waals surface area contributed by atoms with Crippen LogP contribution in [0.15, 0.2) is 0 Å². The molecule has 0 aliphatic carbocycles. The molecule has 0 heterocycles. The van der Waals surface area contributed by atoms with Crippen molar-refractivity contribution < 1.29 is 19.1 Å². The molecule has 4 nitrogen and oxygen atoms in total. The molecule has 0 amide bonds. The summed E-state index contributed by atoms with van der Waals surface area (Å²) in [5.74, 6) is -0.954. The fourth-order valence-corrected chi connectivity index (χ4v) is 1.16. The molecule has 0 aliphatic heterocycles. The molecule has 0 fully saturated rings. The molecule has 1 atom stereocenters. The topological polar surface area (TPSA) is 52.6 Å². The summed E-state index contributed by atoms with van der Waals surface area (Å²) in [6.07, 6.45) is 0. The Hall–Kier alpha value is 1.25. The van der Waals surface area contributed by atoms with E-state index in [1.165, 1.54) is 0 Å². The zero-order valence-electron chi connectivity index (χ0n) is 7.19. The monoisotopic (exact) mass is 481 g/mol. The second-order valence-corrected chi connectivity index (χ2v) is 11.3. The Morgan fingerprint density at radius 1 is 1.38 bits per heavy atom. The fraction of sp³-hybridized carbons (Fsp3) is 0.667. The van der Waals surface area contributed by atoms with Crippen molar-refractivity contribution in [2.75, 3.05) is 6.61 Å². The maximum absolute atomic E-state index is 11.3. The van der Waals surface area contributed by atoms with Crippen LogP contribution in [0, 0.1) is 0 Å². The molecule has 1 unspecified atom stereocenters. The van der Waals surface area contributed by atoms with Gasteiger partial charge in [-0.05, 0) is 0 Å². The number of carbonyl (C=O) groups is 1. The third-order valence-corrected chi connectivity index (χ3v) is 3.04. The molecule has 0 N–H and O–H groups in total. The minimum atomic E-state index is -2.23. The second-order valence-electron chi connectivity index (χ2n) is 2.33. The number of alkyl halides is 6. The van der Waals surface area contributed by atoms with Gasteiger partial charge in [0.05, 0.1) is 0 Å². The van der Waals surface area contributed by atoms with E-state index < -0.39 is 18.0 Å². The van der Waals surface area contributed by atoms with Gasteiger partial charge in [0.15, 0.2) is 7.52 Å². The minimum absolute atomic E-state index is 0.107. The Kier molecular flexibility index (Phi) is 7.54. The number of hydrogen-bond donors (Lipinski definition) is 0. The number of ether oxygens (including phenoxy) is 2. The summed E-state index contributed by atoms with van der Waals surface area (Å²) < 4.78 is 5.80. The maximum atomic E-state index is 11.3. The van der Waals surface area contributed by atoms with Crippen molar-refractivity contribution in [1.82, 2.24) is 0 Å². The van der Waals surface area contributed by atoms with E-state index in [0.29, 0.717) is 0 Å². The van der Waals surface area contributed by atoms with Gasteiger partial charge in [-0.2, -0.15) is 0 Å². The lowest BCUT2D eigenvalue weighted by Gasteiger charge is -2.21. The lowest BCUT2D eigenvalue weighted by atomic mass is 10.4. The van der Waals surface area contributed by atoms with Gasteiger partial charge in [0, 0.05) is 0 Å². The number of rotatable bonds is 5. The summed E-state index contributed by atoms with van der Waals surface area (Å²) in [7, 11) is 0. The largest absolute Gasteiger partial charge is 0.461 e. The van der Waals surface area contributed by atoms with Gasteiger partial charge < -0.3 is 9.47 Å². The first-order valence-corrected chi connectivity index (χ1v) is 6.97. The molecule has 16 heavy (non-hydrogen) atoms. The van der Waals surface area contributed by atoms with Crippen LogP contribution in [-0.2, 0) is 19.1 Å². The Morgan fingerprint density at radius 2 is 1.88 bits per heavy atom. The van der Waals surface area contributed by atoms with Crippen LogP contribution in [0.25, 0.3) is 0 Å². The molecule has 0 bridgehead atoms. The fourth-order valence-electron chi connectivity index (χ4n) is 0.471. The molecule has 0 rings (SSSR count). The zero-order chi connectivity index (χ0) is 13.0. The van der Waals surface area contributed by atoms with E-state index in [2.05, 4.69) is 52.5 Å². The first-order chi connectivity index (χ1) is 7.10. The van der Waals surface area contributed by atoms with Gasteiger partial charge in [-0.1, -0.05) is 71.0 Å². The SMILES string of the molecule is O=[C]OC(Cl)(Cl)C(Cl)C(=O)OCC(Br)(Br)Br. The van der Waals surface area contributed by atoms with Crippen LogP contribution in [0.4, 0.5) is 0 Å². The molecule has 10 heteroatoms. The van der Waals surface area contributed by atoms with Crippen molar-refractivity contribution in [3.05, 3.63) is 0 Å². The van der Waals surface area contributed by atoms with E-state index in [9.17, 15) is 9.59 Å². The van der Waals surface area contributed by atoms with Crippen molar-refractivity contribution in [1.29, 1.82) is 0 Å². The van der Waals surface area contributed by atoms with Gasteiger partial charge in [0.2, 0.25) is 0 Å². The standard InChI is InChI=1S/C6H3Br3Cl3O4/c7-5(8,9)1-15-4(14)3(10)6(11,12)16-2-13/h3H,1H2. The van der Waals surface area contributed by atoms with E-state index in [4.69, 9.17) is 39.5 Å². The summed E-state index contributed by atoms with van der Waals surface area (Å²) in [4.78, 5) is 21.2. The predicted octanol–water partition coefficient (Wildman–Crippen LogP) is 3.19. The molecule has 0 spiro atoms. The van der Waals surface area contributed by atoms with Crippen molar-refractivity contribution in [2.45, 2.75) is 12.0 Å². The average molecular weight is 485 g/mol. The van der Waals surface area contributed by atoms with Crippen LogP contribution >= 0.6 is 82.6 Å². The molecule has 0 saturated carbocycles. The third-order valence-electron chi connectivity index (χ3n) is 1.06. The van der Waals surface area contributed by atoms with Crippen LogP contribution < -0.4 is 0 Å². The highest BCUT2D eigenvalue weighted by Gasteiger charge is 2.43. The maximum Gasteiger partial charge on any atom is 0.420 e. The second kappa shape index (κ2) is 6.99. The Balaban J connectivity index is 4.33. The molecule has 0 aromatic carbocycles. The van der Waals surface area contributed by atoms with Crippen molar-refractivity contribution in [3.63, 3.8) is 0 Å². The predicted molar refractivity (Wildman–Crippen MR) is 71.3 cm³/mol. The van der Waals surface area contributed by atoms with Crippen LogP contribution in [-0.4, -0.2) is 31.1 Å². The van der Waals surface area contributed by atoms with Gasteiger partial charge in [0.25, 0.3) is 4.52 Å². The number of hydrogen-bond acceptors (Lipinski definition) is 4.